The van der Waals surface area contributed by atoms with E-state index >= 15 is 0 Å². The molecule has 0 aromatic heterocycles. The van der Waals surface area contributed by atoms with Gasteiger partial charge in [-0.3, -0.25) is 4.79 Å². The van der Waals surface area contributed by atoms with Crippen molar-refractivity contribution >= 4 is 35.8 Å². The van der Waals surface area contributed by atoms with Gasteiger partial charge in [0.2, 0.25) is 5.91 Å². The zero-order valence-corrected chi connectivity index (χ0v) is 16.7. The van der Waals surface area contributed by atoms with Crippen LogP contribution in [0, 0.1) is 5.92 Å². The minimum atomic E-state index is 0. The lowest BCUT2D eigenvalue weighted by atomic mass is 10.1. The number of amides is 1. The summed E-state index contributed by atoms with van der Waals surface area (Å²) in [6.45, 7) is 9.75. The molecule has 0 aliphatic rings. The highest BCUT2D eigenvalue weighted by Gasteiger charge is 2.06. The molecule has 5 nitrogen and oxygen atoms in total. The summed E-state index contributed by atoms with van der Waals surface area (Å²) in [4.78, 5) is 17.5. The van der Waals surface area contributed by atoms with E-state index in [9.17, 15) is 4.79 Å². The van der Waals surface area contributed by atoms with Gasteiger partial charge >= 0.3 is 0 Å². The average molecular weight is 412 g/mol. The molecule has 0 aliphatic carbocycles. The Hall–Kier alpha value is -0.530. The van der Waals surface area contributed by atoms with Crippen molar-refractivity contribution in [2.75, 3.05) is 27.2 Å². The molecule has 0 saturated carbocycles. The van der Waals surface area contributed by atoms with Gasteiger partial charge in [0.25, 0.3) is 0 Å². The van der Waals surface area contributed by atoms with Crippen molar-refractivity contribution in [2.24, 2.45) is 10.9 Å². The van der Waals surface area contributed by atoms with Gasteiger partial charge in [-0.1, -0.05) is 20.8 Å². The zero-order chi connectivity index (χ0) is 15.5. The fraction of sp³-hybridized carbons (Fsp3) is 0.867. The van der Waals surface area contributed by atoms with E-state index in [0.717, 1.165) is 31.3 Å². The molecular weight excluding hydrogens is 379 g/mol. The Morgan fingerprint density at radius 1 is 1.24 bits per heavy atom. The number of nitrogens with zero attached hydrogens (tertiary/aromatic N) is 2. The Balaban J connectivity index is 0. The molecule has 0 bridgehead atoms. The molecular formula is C15H33IN4O. The molecule has 0 aromatic carbocycles. The summed E-state index contributed by atoms with van der Waals surface area (Å²) in [5.41, 5.74) is 0. The SMILES string of the molecule is CCC(C)NC(=NCC(=O)N(C)C)NCCCC(C)C.I. The van der Waals surface area contributed by atoms with Gasteiger partial charge in [0.15, 0.2) is 5.96 Å². The monoisotopic (exact) mass is 412 g/mol. The first kappa shape index (κ1) is 22.7. The van der Waals surface area contributed by atoms with E-state index < -0.39 is 0 Å². The molecule has 0 saturated heterocycles. The van der Waals surface area contributed by atoms with Crippen LogP contribution in [0.25, 0.3) is 0 Å². The minimum absolute atomic E-state index is 0. The number of carbonyl (C=O) groups excluding carboxylic acids is 1. The molecule has 0 rings (SSSR count). The second kappa shape index (κ2) is 13.2. The van der Waals surface area contributed by atoms with Gasteiger partial charge in [0.1, 0.15) is 6.54 Å². The van der Waals surface area contributed by atoms with Crippen LogP contribution < -0.4 is 10.6 Å². The van der Waals surface area contributed by atoms with Crippen molar-refractivity contribution in [3.8, 4) is 0 Å². The number of guanidine groups is 1. The number of rotatable bonds is 8. The van der Waals surface area contributed by atoms with E-state index in [-0.39, 0.29) is 36.4 Å². The van der Waals surface area contributed by atoms with Gasteiger partial charge in [0, 0.05) is 26.7 Å². The number of likely N-dealkylation sites (N-methyl/N-ethyl adjacent to an activating group) is 1. The molecule has 0 aromatic rings. The fourth-order valence-corrected chi connectivity index (χ4v) is 1.49. The van der Waals surface area contributed by atoms with E-state index in [1.165, 1.54) is 6.42 Å². The zero-order valence-electron chi connectivity index (χ0n) is 14.4. The third kappa shape index (κ3) is 12.9. The third-order valence-corrected chi connectivity index (χ3v) is 3.12. The fourth-order valence-electron chi connectivity index (χ4n) is 1.49. The van der Waals surface area contributed by atoms with Crippen molar-refractivity contribution in [2.45, 2.75) is 53.0 Å². The van der Waals surface area contributed by atoms with E-state index in [0.29, 0.717) is 6.04 Å². The molecule has 0 aliphatic heterocycles. The van der Waals surface area contributed by atoms with Crippen LogP contribution in [0.5, 0.6) is 0 Å². The summed E-state index contributed by atoms with van der Waals surface area (Å²) in [6.07, 6.45) is 3.33. The number of carbonyl (C=O) groups is 1. The van der Waals surface area contributed by atoms with Crippen LogP contribution >= 0.6 is 24.0 Å². The topological polar surface area (TPSA) is 56.7 Å². The first-order chi connectivity index (χ1) is 9.36. The maximum absolute atomic E-state index is 11.6. The summed E-state index contributed by atoms with van der Waals surface area (Å²) in [6, 6.07) is 0.348. The predicted octanol–water partition coefficient (Wildman–Crippen LogP) is 2.46. The van der Waals surface area contributed by atoms with Crippen LogP contribution in [0.3, 0.4) is 0 Å². The summed E-state index contributed by atoms with van der Waals surface area (Å²) in [5.74, 6) is 1.46. The molecule has 1 amide bonds. The van der Waals surface area contributed by atoms with Crippen LogP contribution in [0.4, 0.5) is 0 Å². The standard InChI is InChI=1S/C15H32N4O.HI/c1-7-13(4)18-15(16-10-8-9-12(2)3)17-11-14(20)19(5)6;/h12-13H,7-11H2,1-6H3,(H2,16,17,18);1H. The van der Waals surface area contributed by atoms with Crippen molar-refractivity contribution < 1.29 is 4.79 Å². The highest BCUT2D eigenvalue weighted by Crippen LogP contribution is 2.01. The normalized spacial score (nSPS) is 12.6. The van der Waals surface area contributed by atoms with Gasteiger partial charge in [-0.25, -0.2) is 4.99 Å². The predicted molar refractivity (Wildman–Crippen MR) is 101 cm³/mol. The molecule has 2 N–H and O–H groups in total. The summed E-state index contributed by atoms with van der Waals surface area (Å²) in [7, 11) is 3.49. The maximum Gasteiger partial charge on any atom is 0.243 e. The van der Waals surface area contributed by atoms with Crippen molar-refractivity contribution in [3.63, 3.8) is 0 Å². The van der Waals surface area contributed by atoms with Crippen LogP contribution in [0.15, 0.2) is 4.99 Å². The quantitative estimate of drug-likeness (QED) is 0.279. The summed E-state index contributed by atoms with van der Waals surface area (Å²) in [5, 5.41) is 6.62. The number of aliphatic imine (C=N–C) groups is 1. The van der Waals surface area contributed by atoms with Gasteiger partial charge in [-0.2, -0.15) is 0 Å². The van der Waals surface area contributed by atoms with Gasteiger partial charge in [0.05, 0.1) is 0 Å². The largest absolute Gasteiger partial charge is 0.356 e. The second-order valence-corrected chi connectivity index (χ2v) is 5.87. The Bertz CT molecular complexity index is 306. The Labute approximate surface area is 147 Å². The van der Waals surface area contributed by atoms with E-state index in [1.54, 1.807) is 19.0 Å². The lowest BCUT2D eigenvalue weighted by molar-refractivity contribution is -0.127. The molecule has 0 spiro atoms. The Morgan fingerprint density at radius 2 is 1.86 bits per heavy atom. The number of nitrogens with one attached hydrogen (secondary N) is 2. The van der Waals surface area contributed by atoms with E-state index in [2.05, 4.69) is 43.3 Å². The first-order valence-corrected chi connectivity index (χ1v) is 7.61. The van der Waals surface area contributed by atoms with E-state index in [1.807, 2.05) is 0 Å². The molecule has 1 atom stereocenters. The average Bonchev–Trinajstić information content (AvgIpc) is 2.39. The highest BCUT2D eigenvalue weighted by molar-refractivity contribution is 14.0. The molecule has 6 heteroatoms. The molecule has 0 fully saturated rings. The number of hydrogen-bond acceptors (Lipinski definition) is 2. The molecule has 0 heterocycles. The number of halogens is 1. The third-order valence-electron chi connectivity index (χ3n) is 3.12. The molecule has 126 valence electrons. The van der Waals surface area contributed by atoms with Crippen LogP contribution in [-0.4, -0.2) is 50.0 Å². The Kier molecular flexibility index (Phi) is 14.2. The lowest BCUT2D eigenvalue weighted by Crippen LogP contribution is -2.43. The van der Waals surface area contributed by atoms with Gasteiger partial charge in [-0.05, 0) is 32.1 Å². The first-order valence-electron chi connectivity index (χ1n) is 7.61. The summed E-state index contributed by atoms with van der Waals surface area (Å²) >= 11 is 0. The van der Waals surface area contributed by atoms with Crippen molar-refractivity contribution in [3.05, 3.63) is 0 Å². The van der Waals surface area contributed by atoms with Crippen LogP contribution in [-0.2, 0) is 4.79 Å². The maximum atomic E-state index is 11.6. The van der Waals surface area contributed by atoms with E-state index in [4.69, 9.17) is 0 Å². The smallest absolute Gasteiger partial charge is 0.243 e. The molecule has 1 unspecified atom stereocenters. The second-order valence-electron chi connectivity index (χ2n) is 5.87. The van der Waals surface area contributed by atoms with Crippen molar-refractivity contribution in [1.82, 2.24) is 15.5 Å². The van der Waals surface area contributed by atoms with Gasteiger partial charge in [-0.15, -0.1) is 24.0 Å². The van der Waals surface area contributed by atoms with Gasteiger partial charge < -0.3 is 15.5 Å². The lowest BCUT2D eigenvalue weighted by Gasteiger charge is -2.17. The Morgan fingerprint density at radius 3 is 2.33 bits per heavy atom. The van der Waals surface area contributed by atoms with Crippen LogP contribution in [0.1, 0.15) is 47.0 Å². The van der Waals surface area contributed by atoms with Crippen molar-refractivity contribution in [1.29, 1.82) is 0 Å². The molecule has 0 radical (unpaired) electrons. The molecule has 21 heavy (non-hydrogen) atoms. The minimum Gasteiger partial charge on any atom is -0.356 e. The highest BCUT2D eigenvalue weighted by atomic mass is 127. The number of hydrogen-bond donors (Lipinski definition) is 2. The summed E-state index contributed by atoms with van der Waals surface area (Å²) < 4.78 is 0. The van der Waals surface area contributed by atoms with Crippen LogP contribution in [0.2, 0.25) is 0 Å².